The van der Waals surface area contributed by atoms with Crippen LogP contribution >= 0.6 is 11.6 Å². The van der Waals surface area contributed by atoms with Crippen molar-refractivity contribution in [2.45, 2.75) is 24.9 Å². The van der Waals surface area contributed by atoms with Crippen molar-refractivity contribution in [3.05, 3.63) is 75.3 Å². The Bertz CT molecular complexity index is 1410. The zero-order valence-electron chi connectivity index (χ0n) is 20.4. The van der Waals surface area contributed by atoms with E-state index >= 15 is 0 Å². The number of allylic oxidation sites excluding steroid dienone is 2. The first-order chi connectivity index (χ1) is 17.7. The van der Waals surface area contributed by atoms with Crippen LogP contribution in [0.3, 0.4) is 0 Å². The first-order valence-corrected chi connectivity index (χ1v) is 11.8. The van der Waals surface area contributed by atoms with Crippen LogP contribution < -0.4 is 19.5 Å². The molecule has 1 N–H and O–H groups in total. The monoisotopic (exact) mass is 527 g/mol. The molecule has 0 radical (unpaired) electrons. The number of methoxy groups -OCH3 is 3. The first-order valence-electron chi connectivity index (χ1n) is 11.5. The van der Waals surface area contributed by atoms with Crippen molar-refractivity contribution in [3.8, 4) is 17.2 Å². The number of Topliss-reactive ketones (excluding diaryl/α,β-unsaturated/α-hetero) is 2. The minimum absolute atomic E-state index is 0.0139. The first kappa shape index (κ1) is 24.8. The Morgan fingerprint density at radius 1 is 1.11 bits per heavy atom. The van der Waals surface area contributed by atoms with Crippen LogP contribution in [0.2, 0.25) is 5.02 Å². The minimum atomic E-state index is -1.92. The van der Waals surface area contributed by atoms with Gasteiger partial charge in [-0.2, -0.15) is 0 Å². The normalized spacial score (nSPS) is 24.1. The molecule has 3 aliphatic rings. The van der Waals surface area contributed by atoms with E-state index in [0.29, 0.717) is 11.3 Å². The number of fused-ring (bicyclic) bond motifs is 1. The van der Waals surface area contributed by atoms with E-state index in [1.807, 2.05) is 0 Å². The molecule has 0 amide bonds. The van der Waals surface area contributed by atoms with Crippen molar-refractivity contribution in [1.29, 1.82) is 0 Å². The molecule has 0 saturated heterocycles. The molecule has 2 heterocycles. The Kier molecular flexibility index (Phi) is 5.98. The SMILES string of the molecule is COC(=O)C1=CC(c2ccc(F)cc2)C2=C(C[C@@H](C)[C@]3(Oc4c(Cl)c(OC)cc(OC)c4C3=O)C2=O)N1. The van der Waals surface area contributed by atoms with Crippen molar-refractivity contribution >= 4 is 29.1 Å². The van der Waals surface area contributed by atoms with E-state index in [4.69, 9.17) is 30.5 Å². The molecule has 1 spiro atoms. The number of dihydropyridines is 1. The van der Waals surface area contributed by atoms with Gasteiger partial charge in [0.25, 0.3) is 0 Å². The number of ketones is 2. The van der Waals surface area contributed by atoms with Crippen molar-refractivity contribution in [3.63, 3.8) is 0 Å². The van der Waals surface area contributed by atoms with E-state index in [1.54, 1.807) is 6.92 Å². The van der Waals surface area contributed by atoms with Crippen molar-refractivity contribution < 1.29 is 37.7 Å². The molecule has 1 unspecified atom stereocenters. The average Bonchev–Trinajstić information content (AvgIpc) is 3.21. The van der Waals surface area contributed by atoms with Crippen molar-refractivity contribution in [1.82, 2.24) is 5.32 Å². The number of esters is 1. The molecular formula is C27H23ClFNO7. The highest BCUT2D eigenvalue weighted by Crippen LogP contribution is 2.55. The van der Waals surface area contributed by atoms with Crippen LogP contribution in [0.25, 0.3) is 0 Å². The molecule has 0 bridgehead atoms. The highest BCUT2D eigenvalue weighted by atomic mass is 35.5. The summed E-state index contributed by atoms with van der Waals surface area (Å²) >= 11 is 6.50. The summed E-state index contributed by atoms with van der Waals surface area (Å²) in [4.78, 5) is 40.8. The fraction of sp³-hybridized carbons (Fsp3) is 0.296. The fourth-order valence-electron chi connectivity index (χ4n) is 5.26. The lowest BCUT2D eigenvalue weighted by molar-refractivity contribution is -0.137. The summed E-state index contributed by atoms with van der Waals surface area (Å²) in [7, 11) is 4.05. The molecule has 0 saturated carbocycles. The van der Waals surface area contributed by atoms with Crippen LogP contribution in [0.1, 0.15) is 35.2 Å². The summed E-state index contributed by atoms with van der Waals surface area (Å²) < 4.78 is 35.5. The second-order valence-corrected chi connectivity index (χ2v) is 9.40. The molecule has 8 nitrogen and oxygen atoms in total. The largest absolute Gasteiger partial charge is 0.496 e. The number of carbonyl (C=O) groups excluding carboxylic acids is 3. The van der Waals surface area contributed by atoms with Crippen molar-refractivity contribution in [2.24, 2.45) is 5.92 Å². The van der Waals surface area contributed by atoms with Gasteiger partial charge in [0, 0.05) is 29.2 Å². The van der Waals surface area contributed by atoms with Crippen molar-refractivity contribution in [2.75, 3.05) is 21.3 Å². The zero-order chi connectivity index (χ0) is 26.6. The minimum Gasteiger partial charge on any atom is -0.496 e. The fourth-order valence-corrected chi connectivity index (χ4v) is 5.52. The van der Waals surface area contributed by atoms with Crippen LogP contribution in [-0.2, 0) is 14.3 Å². The highest BCUT2D eigenvalue weighted by Gasteiger charge is 2.63. The molecule has 2 aromatic carbocycles. The van der Waals surface area contributed by atoms with Crippen LogP contribution in [0.5, 0.6) is 17.2 Å². The molecule has 0 fully saturated rings. The standard InChI is InChI=1S/C27H23ClFNO7/c1-12-9-16-20(15(10-17(30-16)26(33)36-4)13-5-7-14(29)8-6-13)24(31)27(12)25(32)21-18(34-2)11-19(35-3)22(28)23(21)37-27/h5-8,10-12,15,30H,9H2,1-4H3/t12-,15?,27+/m1/s1. The van der Waals surface area contributed by atoms with Crippen LogP contribution in [0, 0.1) is 11.7 Å². The van der Waals surface area contributed by atoms with Crippen LogP contribution in [0.15, 0.2) is 53.4 Å². The van der Waals surface area contributed by atoms with Crippen LogP contribution in [0.4, 0.5) is 4.39 Å². The number of benzene rings is 2. The maximum absolute atomic E-state index is 14.4. The van der Waals surface area contributed by atoms with Gasteiger partial charge < -0.3 is 24.3 Å². The van der Waals surface area contributed by atoms with Crippen LogP contribution in [-0.4, -0.2) is 44.5 Å². The molecule has 0 aromatic heterocycles. The second-order valence-electron chi connectivity index (χ2n) is 9.02. The highest BCUT2D eigenvalue weighted by molar-refractivity contribution is 6.36. The second kappa shape index (κ2) is 8.92. The van der Waals surface area contributed by atoms with Gasteiger partial charge in [-0.15, -0.1) is 0 Å². The summed E-state index contributed by atoms with van der Waals surface area (Å²) in [5.41, 5.74) is -0.464. The Morgan fingerprint density at radius 2 is 1.78 bits per heavy atom. The van der Waals surface area contributed by atoms with Gasteiger partial charge in [-0.1, -0.05) is 30.7 Å². The van der Waals surface area contributed by atoms with E-state index in [2.05, 4.69) is 5.32 Å². The van der Waals surface area contributed by atoms with E-state index in [-0.39, 0.29) is 45.5 Å². The lowest BCUT2D eigenvalue weighted by atomic mass is 9.67. The number of ether oxygens (including phenoxy) is 4. The maximum Gasteiger partial charge on any atom is 0.354 e. The molecule has 3 atom stereocenters. The quantitative estimate of drug-likeness (QED) is 0.468. The molecule has 192 valence electrons. The predicted octanol–water partition coefficient (Wildman–Crippen LogP) is 4.12. The lowest BCUT2D eigenvalue weighted by Gasteiger charge is -2.41. The smallest absolute Gasteiger partial charge is 0.354 e. The van der Waals surface area contributed by atoms with E-state index in [9.17, 15) is 18.8 Å². The summed E-state index contributed by atoms with van der Waals surface area (Å²) in [6, 6.07) is 7.04. The molecule has 1 aliphatic carbocycles. The number of hydrogen-bond donors (Lipinski definition) is 1. The molecule has 10 heteroatoms. The number of carbonyl (C=O) groups is 3. The van der Waals surface area contributed by atoms with E-state index in [1.165, 1.54) is 57.7 Å². The number of rotatable bonds is 4. The predicted molar refractivity (Wildman–Crippen MR) is 130 cm³/mol. The Labute approximate surface area is 217 Å². The van der Waals surface area contributed by atoms with Gasteiger partial charge in [0.1, 0.15) is 33.6 Å². The molecular weight excluding hydrogens is 505 g/mol. The van der Waals surface area contributed by atoms with Gasteiger partial charge in [-0.05, 0) is 30.2 Å². The number of nitrogens with one attached hydrogen (secondary N) is 1. The summed E-state index contributed by atoms with van der Waals surface area (Å²) in [5, 5.41) is 3.06. The van der Waals surface area contributed by atoms with Gasteiger partial charge in [0.05, 0.1) is 21.3 Å². The van der Waals surface area contributed by atoms with E-state index in [0.717, 1.165) is 0 Å². The Balaban J connectivity index is 1.67. The number of hydrogen-bond acceptors (Lipinski definition) is 8. The van der Waals surface area contributed by atoms with Gasteiger partial charge in [-0.3, -0.25) is 9.59 Å². The lowest BCUT2D eigenvalue weighted by Crippen LogP contribution is -2.58. The number of halogens is 2. The third-order valence-electron chi connectivity index (χ3n) is 7.09. The van der Waals surface area contributed by atoms with Gasteiger partial charge in [0.2, 0.25) is 17.2 Å². The molecule has 37 heavy (non-hydrogen) atoms. The average molecular weight is 528 g/mol. The molecule has 2 aliphatic heterocycles. The van der Waals surface area contributed by atoms with E-state index < -0.39 is 40.8 Å². The maximum atomic E-state index is 14.4. The Morgan fingerprint density at radius 3 is 2.41 bits per heavy atom. The summed E-state index contributed by atoms with van der Waals surface area (Å²) in [6.45, 7) is 1.72. The zero-order valence-corrected chi connectivity index (χ0v) is 21.2. The topological polar surface area (TPSA) is 100 Å². The third-order valence-corrected chi connectivity index (χ3v) is 7.45. The third kappa shape index (κ3) is 3.52. The summed E-state index contributed by atoms with van der Waals surface area (Å²) in [6.07, 6.45) is 1.73. The summed E-state index contributed by atoms with van der Waals surface area (Å²) in [5.74, 6) is -3.24. The van der Waals surface area contributed by atoms with Gasteiger partial charge in [-0.25, -0.2) is 9.18 Å². The van der Waals surface area contributed by atoms with Gasteiger partial charge >= 0.3 is 5.97 Å². The van der Waals surface area contributed by atoms with Gasteiger partial charge in [0.15, 0.2) is 5.75 Å². The Hall–Kier alpha value is -3.85. The molecule has 2 aromatic rings. The molecule has 5 rings (SSSR count).